The zero-order valence-corrected chi connectivity index (χ0v) is 10.4. The summed E-state index contributed by atoms with van der Waals surface area (Å²) < 4.78 is 5.27. The number of amides is 1. The Morgan fingerprint density at radius 2 is 2.37 bits per heavy atom. The van der Waals surface area contributed by atoms with Crippen molar-refractivity contribution < 1.29 is 24.4 Å². The third-order valence-electron chi connectivity index (χ3n) is 3.24. The number of nitrogens with one attached hydrogen (secondary N) is 1. The smallest absolute Gasteiger partial charge is 0.523 e. The van der Waals surface area contributed by atoms with Crippen LogP contribution < -0.4 is 9.97 Å². The molecule has 0 bridgehead atoms. The number of carboxylic acids is 1. The van der Waals surface area contributed by atoms with Gasteiger partial charge in [-0.05, 0) is 18.1 Å². The number of aromatic carboxylic acids is 1. The summed E-state index contributed by atoms with van der Waals surface area (Å²) in [7, 11) is -1.06. The zero-order chi connectivity index (χ0) is 14.0. The van der Waals surface area contributed by atoms with E-state index < -0.39 is 13.1 Å². The van der Waals surface area contributed by atoms with Crippen LogP contribution in [0.15, 0.2) is 12.1 Å². The molecule has 0 radical (unpaired) electrons. The highest BCUT2D eigenvalue weighted by Gasteiger charge is 2.34. The summed E-state index contributed by atoms with van der Waals surface area (Å²) in [6.07, 6.45) is 0.893. The van der Waals surface area contributed by atoms with E-state index in [1.54, 1.807) is 19.1 Å². The molecule has 19 heavy (non-hydrogen) atoms. The summed E-state index contributed by atoms with van der Waals surface area (Å²) in [5.41, 5.74) is 1.33. The molecule has 7 heteroatoms. The van der Waals surface area contributed by atoms with Crippen LogP contribution >= 0.6 is 0 Å². The Hall–Kier alpha value is -2.02. The summed E-state index contributed by atoms with van der Waals surface area (Å²) in [6, 6.07) is 3.48. The van der Waals surface area contributed by atoms with E-state index in [0.717, 1.165) is 0 Å². The number of hydrogen-bond acceptors (Lipinski definition) is 4. The molecule has 6 nitrogen and oxygen atoms in total. The molecule has 1 unspecified atom stereocenters. The molecule has 0 fully saturated rings. The zero-order valence-electron chi connectivity index (χ0n) is 10.4. The molecule has 1 aromatic rings. The van der Waals surface area contributed by atoms with Crippen molar-refractivity contribution >= 4 is 19.5 Å². The van der Waals surface area contributed by atoms with Gasteiger partial charge in [0, 0.05) is 18.8 Å². The molecule has 100 valence electrons. The number of aryl methyl sites for hydroxylation is 1. The van der Waals surface area contributed by atoms with E-state index in [0.29, 0.717) is 30.4 Å². The van der Waals surface area contributed by atoms with Crippen LogP contribution in [-0.2, 0) is 4.79 Å². The van der Waals surface area contributed by atoms with E-state index in [1.165, 1.54) is 0 Å². The van der Waals surface area contributed by atoms with Crippen LogP contribution in [0.4, 0.5) is 0 Å². The van der Waals surface area contributed by atoms with Crippen LogP contribution in [0.25, 0.3) is 0 Å². The maximum absolute atomic E-state index is 11.3. The SMILES string of the molecule is Cc1ccc2c(c1C(=O)O)OB(O)CC2CNC=O. The summed E-state index contributed by atoms with van der Waals surface area (Å²) in [6.45, 7) is 2.01. The highest BCUT2D eigenvalue weighted by Crippen LogP contribution is 2.38. The molecular formula is C12H14BNO5. The fourth-order valence-corrected chi connectivity index (χ4v) is 2.35. The van der Waals surface area contributed by atoms with Crippen molar-refractivity contribution in [1.29, 1.82) is 0 Å². The molecule has 0 saturated heterocycles. The lowest BCUT2D eigenvalue weighted by atomic mass is 9.71. The normalized spacial score (nSPS) is 17.4. The maximum atomic E-state index is 11.3. The maximum Gasteiger partial charge on any atom is 0.523 e. The quantitative estimate of drug-likeness (QED) is 0.539. The van der Waals surface area contributed by atoms with Gasteiger partial charge in [-0.1, -0.05) is 12.1 Å². The Kier molecular flexibility index (Phi) is 3.75. The number of carbonyl (C=O) groups excluding carboxylic acids is 1. The first-order valence-corrected chi connectivity index (χ1v) is 5.93. The fourth-order valence-electron chi connectivity index (χ4n) is 2.35. The van der Waals surface area contributed by atoms with E-state index in [2.05, 4.69) is 5.32 Å². The van der Waals surface area contributed by atoms with Crippen LogP contribution in [0, 0.1) is 6.92 Å². The van der Waals surface area contributed by atoms with Gasteiger partial charge in [0.05, 0.1) is 0 Å². The van der Waals surface area contributed by atoms with Crippen molar-refractivity contribution in [2.45, 2.75) is 19.2 Å². The molecule has 3 N–H and O–H groups in total. The predicted octanol–water partition coefficient (Wildman–Crippen LogP) is 0.396. The van der Waals surface area contributed by atoms with Crippen molar-refractivity contribution in [2.75, 3.05) is 6.54 Å². The first-order chi connectivity index (χ1) is 9.04. The molecule has 1 atom stereocenters. The van der Waals surface area contributed by atoms with Gasteiger partial charge in [-0.25, -0.2) is 4.79 Å². The van der Waals surface area contributed by atoms with Crippen molar-refractivity contribution in [1.82, 2.24) is 5.32 Å². The van der Waals surface area contributed by atoms with Crippen LogP contribution in [0.2, 0.25) is 6.32 Å². The van der Waals surface area contributed by atoms with Crippen LogP contribution in [0.3, 0.4) is 0 Å². The number of benzene rings is 1. The summed E-state index contributed by atoms with van der Waals surface area (Å²) >= 11 is 0. The fraction of sp³-hybridized carbons (Fsp3) is 0.333. The number of carboxylic acid groups (broad SMARTS) is 1. The van der Waals surface area contributed by atoms with E-state index in [-0.39, 0.29) is 17.2 Å². The van der Waals surface area contributed by atoms with E-state index in [4.69, 9.17) is 4.65 Å². The van der Waals surface area contributed by atoms with Gasteiger partial charge in [0.1, 0.15) is 11.3 Å². The third kappa shape index (κ3) is 2.55. The Morgan fingerprint density at radius 1 is 1.63 bits per heavy atom. The van der Waals surface area contributed by atoms with Crippen molar-refractivity contribution in [3.63, 3.8) is 0 Å². The Balaban J connectivity index is 2.48. The lowest BCUT2D eigenvalue weighted by Gasteiger charge is -2.29. The monoisotopic (exact) mass is 263 g/mol. The predicted molar refractivity (Wildman–Crippen MR) is 68.4 cm³/mol. The molecule has 1 heterocycles. The molecule has 0 aliphatic carbocycles. The van der Waals surface area contributed by atoms with Crippen molar-refractivity contribution in [2.24, 2.45) is 0 Å². The van der Waals surface area contributed by atoms with E-state index >= 15 is 0 Å². The van der Waals surface area contributed by atoms with Crippen LogP contribution in [0.5, 0.6) is 5.75 Å². The third-order valence-corrected chi connectivity index (χ3v) is 3.24. The van der Waals surface area contributed by atoms with E-state index in [1.807, 2.05) is 0 Å². The second-order valence-corrected chi connectivity index (χ2v) is 4.51. The first-order valence-electron chi connectivity index (χ1n) is 5.93. The molecular weight excluding hydrogens is 249 g/mol. The Labute approximate surface area is 110 Å². The highest BCUT2D eigenvalue weighted by atomic mass is 16.5. The molecule has 0 spiro atoms. The number of fused-ring (bicyclic) bond motifs is 1. The number of hydrogen-bond donors (Lipinski definition) is 3. The van der Waals surface area contributed by atoms with Gasteiger partial charge in [-0.15, -0.1) is 0 Å². The number of carbonyl (C=O) groups is 2. The summed E-state index contributed by atoms with van der Waals surface area (Å²) in [5.74, 6) is -1.06. The van der Waals surface area contributed by atoms with Crippen LogP contribution in [0.1, 0.15) is 27.4 Å². The van der Waals surface area contributed by atoms with Gasteiger partial charge in [-0.2, -0.15) is 0 Å². The van der Waals surface area contributed by atoms with Gasteiger partial charge in [0.15, 0.2) is 0 Å². The Morgan fingerprint density at radius 3 is 3.00 bits per heavy atom. The largest absolute Gasteiger partial charge is 0.535 e. The van der Waals surface area contributed by atoms with Gasteiger partial charge in [0.2, 0.25) is 6.41 Å². The molecule has 0 aromatic heterocycles. The van der Waals surface area contributed by atoms with Gasteiger partial charge in [0.25, 0.3) is 0 Å². The standard InChI is InChI=1S/C12H14BNO5/c1-7-2-3-9-8(5-14-6-15)4-13(18)19-11(9)10(7)12(16)17/h2-3,6,8,18H,4-5H2,1H3,(H,14,15)(H,16,17). The van der Waals surface area contributed by atoms with Crippen molar-refractivity contribution in [3.8, 4) is 5.75 Å². The van der Waals surface area contributed by atoms with Crippen molar-refractivity contribution in [3.05, 3.63) is 28.8 Å². The van der Waals surface area contributed by atoms with Gasteiger partial charge < -0.3 is 20.1 Å². The lowest BCUT2D eigenvalue weighted by Crippen LogP contribution is -2.34. The molecule has 0 saturated carbocycles. The molecule has 2 rings (SSSR count). The second-order valence-electron chi connectivity index (χ2n) is 4.51. The first kappa shape index (κ1) is 13.4. The Bertz CT molecular complexity index is 519. The minimum atomic E-state index is -1.09. The van der Waals surface area contributed by atoms with Crippen LogP contribution in [-0.4, -0.2) is 36.2 Å². The molecule has 1 aliphatic rings. The summed E-state index contributed by atoms with van der Waals surface area (Å²) in [5, 5.41) is 21.5. The molecule has 1 aromatic carbocycles. The molecule has 1 amide bonds. The minimum absolute atomic E-state index is 0.0624. The number of rotatable bonds is 4. The van der Waals surface area contributed by atoms with E-state index in [9.17, 15) is 19.7 Å². The highest BCUT2D eigenvalue weighted by molar-refractivity contribution is 6.44. The average Bonchev–Trinajstić information content (AvgIpc) is 2.34. The molecule has 1 aliphatic heterocycles. The van der Waals surface area contributed by atoms with Gasteiger partial charge >= 0.3 is 13.1 Å². The minimum Gasteiger partial charge on any atom is -0.535 e. The average molecular weight is 263 g/mol. The topological polar surface area (TPSA) is 95.9 Å². The van der Waals surface area contributed by atoms with Gasteiger partial charge in [-0.3, -0.25) is 4.79 Å². The summed E-state index contributed by atoms with van der Waals surface area (Å²) in [4.78, 5) is 21.7. The second kappa shape index (κ2) is 5.32. The lowest BCUT2D eigenvalue weighted by molar-refractivity contribution is -0.109.